The second-order valence-corrected chi connectivity index (χ2v) is 6.25. The van der Waals surface area contributed by atoms with Crippen molar-refractivity contribution < 1.29 is 19.0 Å². The number of ether oxygens (including phenoxy) is 3. The number of carbonyl (C=O) groups excluding carboxylic acids is 1. The lowest BCUT2D eigenvalue weighted by Crippen LogP contribution is -2.49. The van der Waals surface area contributed by atoms with Crippen molar-refractivity contribution in [3.63, 3.8) is 0 Å². The number of piperidine rings is 1. The van der Waals surface area contributed by atoms with Crippen molar-refractivity contribution in [1.82, 2.24) is 10.2 Å². The lowest BCUT2D eigenvalue weighted by atomic mass is 9.93. The SMILES string of the molecule is COc1cc(CN[C@@H]2CCN(C(C)=O)C[C@@H]2C)cc2c1OCO2. The Balaban J connectivity index is 1.62. The monoisotopic (exact) mass is 320 g/mol. The molecule has 0 radical (unpaired) electrons. The Morgan fingerprint density at radius 1 is 1.43 bits per heavy atom. The molecule has 1 amide bonds. The van der Waals surface area contributed by atoms with Gasteiger partial charge in [0.05, 0.1) is 7.11 Å². The zero-order chi connectivity index (χ0) is 16.4. The summed E-state index contributed by atoms with van der Waals surface area (Å²) in [5.41, 5.74) is 1.10. The Kier molecular flexibility index (Phi) is 4.61. The molecular weight excluding hydrogens is 296 g/mol. The largest absolute Gasteiger partial charge is 0.493 e. The maximum absolute atomic E-state index is 11.5. The first-order chi connectivity index (χ1) is 11.1. The molecule has 1 fully saturated rings. The van der Waals surface area contributed by atoms with Gasteiger partial charge in [-0.05, 0) is 30.0 Å². The molecule has 2 aliphatic heterocycles. The normalized spacial score (nSPS) is 23.0. The zero-order valence-corrected chi connectivity index (χ0v) is 13.9. The van der Waals surface area contributed by atoms with E-state index >= 15 is 0 Å². The predicted octanol–water partition coefficient (Wildman–Crippen LogP) is 1.77. The average molecular weight is 320 g/mol. The van der Waals surface area contributed by atoms with Crippen molar-refractivity contribution in [3.8, 4) is 17.2 Å². The Morgan fingerprint density at radius 3 is 2.96 bits per heavy atom. The van der Waals surface area contributed by atoms with E-state index in [1.807, 2.05) is 17.0 Å². The van der Waals surface area contributed by atoms with Gasteiger partial charge in [0.15, 0.2) is 11.5 Å². The minimum atomic E-state index is 0.163. The van der Waals surface area contributed by atoms with Crippen molar-refractivity contribution in [3.05, 3.63) is 17.7 Å². The van der Waals surface area contributed by atoms with Gasteiger partial charge in [0.2, 0.25) is 18.4 Å². The van der Waals surface area contributed by atoms with Gasteiger partial charge in [-0.1, -0.05) is 6.92 Å². The molecule has 23 heavy (non-hydrogen) atoms. The zero-order valence-electron chi connectivity index (χ0n) is 13.9. The van der Waals surface area contributed by atoms with Gasteiger partial charge in [-0.15, -0.1) is 0 Å². The number of benzene rings is 1. The van der Waals surface area contributed by atoms with Gasteiger partial charge in [-0.3, -0.25) is 4.79 Å². The summed E-state index contributed by atoms with van der Waals surface area (Å²) in [5, 5.41) is 3.60. The van der Waals surface area contributed by atoms with Crippen LogP contribution in [0.3, 0.4) is 0 Å². The summed E-state index contributed by atoms with van der Waals surface area (Å²) in [6.45, 7) is 6.44. The van der Waals surface area contributed by atoms with Crippen LogP contribution >= 0.6 is 0 Å². The standard InChI is InChI=1S/C17H24N2O4/c1-11-9-19(12(2)20)5-4-14(11)18-8-13-6-15(21-3)17-16(7-13)22-10-23-17/h6-7,11,14,18H,4-5,8-10H2,1-3H3/t11-,14+/m0/s1. The summed E-state index contributed by atoms with van der Waals surface area (Å²) in [6, 6.07) is 4.38. The Morgan fingerprint density at radius 2 is 2.26 bits per heavy atom. The molecule has 1 N–H and O–H groups in total. The fourth-order valence-electron chi connectivity index (χ4n) is 3.27. The van der Waals surface area contributed by atoms with Crippen molar-refractivity contribution in [2.75, 3.05) is 27.0 Å². The summed E-state index contributed by atoms with van der Waals surface area (Å²) in [7, 11) is 1.63. The van der Waals surface area contributed by atoms with Crippen molar-refractivity contribution >= 4 is 5.91 Å². The number of hydrogen-bond donors (Lipinski definition) is 1. The molecule has 0 saturated carbocycles. The number of methoxy groups -OCH3 is 1. The predicted molar refractivity (Wildman–Crippen MR) is 85.8 cm³/mol. The van der Waals surface area contributed by atoms with E-state index in [2.05, 4.69) is 12.2 Å². The molecule has 1 aromatic carbocycles. The van der Waals surface area contributed by atoms with E-state index in [9.17, 15) is 4.79 Å². The average Bonchev–Trinajstić information content (AvgIpc) is 3.01. The second-order valence-electron chi connectivity index (χ2n) is 6.25. The molecular formula is C17H24N2O4. The molecule has 2 atom stereocenters. The Labute approximate surface area is 136 Å². The molecule has 6 heteroatoms. The van der Waals surface area contributed by atoms with E-state index in [0.717, 1.165) is 37.4 Å². The molecule has 0 aromatic heterocycles. The molecule has 0 aliphatic carbocycles. The third-order valence-corrected chi connectivity index (χ3v) is 4.64. The van der Waals surface area contributed by atoms with Crippen molar-refractivity contribution in [2.45, 2.75) is 32.9 Å². The Hall–Kier alpha value is -1.95. The van der Waals surface area contributed by atoms with Crippen LogP contribution in [0.15, 0.2) is 12.1 Å². The fraction of sp³-hybridized carbons (Fsp3) is 0.588. The summed E-state index contributed by atoms with van der Waals surface area (Å²) < 4.78 is 16.3. The van der Waals surface area contributed by atoms with Crippen LogP contribution in [0.1, 0.15) is 25.8 Å². The van der Waals surface area contributed by atoms with Crippen LogP contribution in [0.4, 0.5) is 0 Å². The van der Waals surface area contributed by atoms with Crippen LogP contribution in [0.25, 0.3) is 0 Å². The highest BCUT2D eigenvalue weighted by molar-refractivity contribution is 5.73. The summed E-state index contributed by atoms with van der Waals surface area (Å²) in [5.74, 6) is 2.72. The first-order valence-corrected chi connectivity index (χ1v) is 8.04. The quantitative estimate of drug-likeness (QED) is 0.916. The highest BCUT2D eigenvalue weighted by atomic mass is 16.7. The van der Waals surface area contributed by atoms with Crippen molar-refractivity contribution in [2.24, 2.45) is 5.92 Å². The number of likely N-dealkylation sites (tertiary alicyclic amines) is 1. The van der Waals surface area contributed by atoms with Gasteiger partial charge >= 0.3 is 0 Å². The molecule has 3 rings (SSSR count). The fourth-order valence-corrected chi connectivity index (χ4v) is 3.27. The van der Waals surface area contributed by atoms with Gasteiger partial charge in [-0.25, -0.2) is 0 Å². The Bertz CT molecular complexity index is 590. The van der Waals surface area contributed by atoms with Crippen LogP contribution in [-0.2, 0) is 11.3 Å². The molecule has 126 valence electrons. The number of rotatable bonds is 4. The maximum Gasteiger partial charge on any atom is 0.231 e. The lowest BCUT2D eigenvalue weighted by molar-refractivity contribution is -0.130. The van der Waals surface area contributed by atoms with Crippen molar-refractivity contribution in [1.29, 1.82) is 0 Å². The molecule has 0 spiro atoms. The minimum absolute atomic E-state index is 0.163. The molecule has 0 unspecified atom stereocenters. The number of nitrogens with zero attached hydrogens (tertiary/aromatic N) is 1. The van der Waals surface area contributed by atoms with Gasteiger partial charge < -0.3 is 24.4 Å². The van der Waals surface area contributed by atoms with E-state index in [1.165, 1.54) is 0 Å². The third kappa shape index (κ3) is 3.37. The molecule has 2 heterocycles. The van der Waals surface area contributed by atoms with E-state index in [-0.39, 0.29) is 12.7 Å². The first-order valence-electron chi connectivity index (χ1n) is 8.04. The minimum Gasteiger partial charge on any atom is -0.493 e. The number of carbonyl (C=O) groups is 1. The summed E-state index contributed by atoms with van der Waals surface area (Å²) in [6.07, 6.45) is 0.975. The lowest BCUT2D eigenvalue weighted by Gasteiger charge is -2.37. The van der Waals surface area contributed by atoms with Gasteiger partial charge in [0.1, 0.15) is 0 Å². The highest BCUT2D eigenvalue weighted by Crippen LogP contribution is 2.41. The maximum atomic E-state index is 11.5. The van der Waals surface area contributed by atoms with Gasteiger partial charge in [0, 0.05) is 32.6 Å². The smallest absolute Gasteiger partial charge is 0.231 e. The van der Waals surface area contributed by atoms with Gasteiger partial charge in [0.25, 0.3) is 0 Å². The molecule has 1 aromatic rings. The number of fused-ring (bicyclic) bond motifs is 1. The number of nitrogens with one attached hydrogen (secondary N) is 1. The van der Waals surface area contributed by atoms with Gasteiger partial charge in [-0.2, -0.15) is 0 Å². The first kappa shape index (κ1) is 15.9. The molecule has 0 bridgehead atoms. The summed E-state index contributed by atoms with van der Waals surface area (Å²) in [4.78, 5) is 13.4. The molecule has 1 saturated heterocycles. The summed E-state index contributed by atoms with van der Waals surface area (Å²) >= 11 is 0. The third-order valence-electron chi connectivity index (χ3n) is 4.64. The number of hydrogen-bond acceptors (Lipinski definition) is 5. The van der Waals surface area contributed by atoms with Crippen LogP contribution in [-0.4, -0.2) is 43.8 Å². The van der Waals surface area contributed by atoms with Crippen LogP contribution < -0.4 is 19.5 Å². The van der Waals surface area contributed by atoms with E-state index in [0.29, 0.717) is 23.5 Å². The molecule has 2 aliphatic rings. The second kappa shape index (κ2) is 6.66. The van der Waals surface area contributed by atoms with E-state index < -0.39 is 0 Å². The van der Waals surface area contributed by atoms with Crippen LogP contribution in [0.2, 0.25) is 0 Å². The van der Waals surface area contributed by atoms with E-state index in [4.69, 9.17) is 14.2 Å². The van der Waals surface area contributed by atoms with Crippen LogP contribution in [0.5, 0.6) is 17.2 Å². The number of amides is 1. The van der Waals surface area contributed by atoms with Crippen LogP contribution in [0, 0.1) is 5.92 Å². The molecule has 6 nitrogen and oxygen atoms in total. The highest BCUT2D eigenvalue weighted by Gasteiger charge is 2.27. The topological polar surface area (TPSA) is 60.0 Å². The van der Waals surface area contributed by atoms with E-state index in [1.54, 1.807) is 14.0 Å².